The van der Waals surface area contributed by atoms with Gasteiger partial charge in [0.05, 0.1) is 0 Å². The summed E-state index contributed by atoms with van der Waals surface area (Å²) < 4.78 is 1.33. The highest BCUT2D eigenvalue weighted by atomic mass is 79.9. The van der Waals surface area contributed by atoms with Crippen LogP contribution >= 0.6 is 15.9 Å². The Balaban J connectivity index is 2.20. The lowest BCUT2D eigenvalue weighted by atomic mass is 10.4. The van der Waals surface area contributed by atoms with Crippen molar-refractivity contribution in [1.82, 2.24) is 9.71 Å². The molecule has 0 bridgehead atoms. The lowest BCUT2D eigenvalue weighted by Gasteiger charge is -2.05. The molecular weight excluding hydrogens is 292 g/mol. The minimum absolute atomic E-state index is 0.0562. The molecular formula is C10H7BrN2O4. The van der Waals surface area contributed by atoms with Gasteiger partial charge in [-0.05, 0) is 28.1 Å². The second-order valence-electron chi connectivity index (χ2n) is 3.08. The number of carbonyl (C=O) groups excluding carboxylic acids is 1. The van der Waals surface area contributed by atoms with E-state index in [1.165, 1.54) is 24.4 Å². The van der Waals surface area contributed by atoms with Crippen LogP contribution in [0.25, 0.3) is 0 Å². The van der Waals surface area contributed by atoms with Gasteiger partial charge in [0.1, 0.15) is 0 Å². The summed E-state index contributed by atoms with van der Waals surface area (Å²) in [6.07, 6.45) is 1.44. The average Bonchev–Trinajstić information content (AvgIpc) is 2.61. The van der Waals surface area contributed by atoms with Crippen LogP contribution in [0.2, 0.25) is 0 Å². The Labute approximate surface area is 104 Å². The molecule has 0 spiro atoms. The maximum Gasteiger partial charge on any atom is 0.382 e. The summed E-state index contributed by atoms with van der Waals surface area (Å²) in [6.45, 7) is 0. The number of hydrogen-bond donors (Lipinski definition) is 2. The van der Waals surface area contributed by atoms with Crippen molar-refractivity contribution in [2.24, 2.45) is 0 Å². The van der Waals surface area contributed by atoms with Gasteiger partial charge in [-0.1, -0.05) is 0 Å². The molecule has 0 atom stereocenters. The van der Waals surface area contributed by atoms with Gasteiger partial charge in [0.25, 0.3) is 0 Å². The average molecular weight is 299 g/mol. The van der Waals surface area contributed by atoms with Gasteiger partial charge < -0.3 is 15.1 Å². The summed E-state index contributed by atoms with van der Waals surface area (Å²) in [7, 11) is 0. The van der Waals surface area contributed by atoms with Crippen molar-refractivity contribution in [3.05, 3.63) is 40.6 Å². The van der Waals surface area contributed by atoms with Gasteiger partial charge in [0.15, 0.2) is 5.69 Å². The van der Waals surface area contributed by atoms with Crippen molar-refractivity contribution in [1.29, 1.82) is 0 Å². The molecule has 0 saturated heterocycles. The highest BCUT2D eigenvalue weighted by molar-refractivity contribution is 9.10. The van der Waals surface area contributed by atoms with Crippen LogP contribution in [0.5, 0.6) is 11.8 Å². The van der Waals surface area contributed by atoms with Crippen molar-refractivity contribution < 1.29 is 19.8 Å². The van der Waals surface area contributed by atoms with Gasteiger partial charge in [-0.15, -0.1) is 4.73 Å². The Morgan fingerprint density at radius 2 is 1.88 bits per heavy atom. The normalized spacial score (nSPS) is 10.2. The number of pyridine rings is 1. The first kappa shape index (κ1) is 11.5. The number of hydrogen-bond acceptors (Lipinski definition) is 5. The summed E-state index contributed by atoms with van der Waals surface area (Å²) in [5.41, 5.74) is 0.0562. The van der Waals surface area contributed by atoms with E-state index in [-0.39, 0.29) is 17.5 Å². The molecule has 0 aliphatic heterocycles. The smallest absolute Gasteiger partial charge is 0.382 e. The van der Waals surface area contributed by atoms with Gasteiger partial charge in [0, 0.05) is 22.8 Å². The van der Waals surface area contributed by atoms with Crippen molar-refractivity contribution in [3.8, 4) is 11.8 Å². The molecule has 0 amide bonds. The van der Waals surface area contributed by atoms with Crippen LogP contribution in [-0.2, 0) is 0 Å². The van der Waals surface area contributed by atoms with Gasteiger partial charge in [-0.25, -0.2) is 9.78 Å². The highest BCUT2D eigenvalue weighted by Crippen LogP contribution is 2.19. The summed E-state index contributed by atoms with van der Waals surface area (Å²) in [5.74, 6) is -1.56. The maximum absolute atomic E-state index is 11.6. The molecule has 2 N–H and O–H groups in total. The van der Waals surface area contributed by atoms with Gasteiger partial charge in [-0.2, -0.15) is 0 Å². The third kappa shape index (κ3) is 2.39. The first-order valence-corrected chi connectivity index (χ1v) is 5.31. The van der Waals surface area contributed by atoms with E-state index in [0.717, 1.165) is 4.47 Å². The number of carbonyl (C=O) groups is 1. The first-order chi connectivity index (χ1) is 8.08. The summed E-state index contributed by atoms with van der Waals surface area (Å²) >= 11 is 3.18. The van der Waals surface area contributed by atoms with Crippen molar-refractivity contribution in [3.63, 3.8) is 0 Å². The Hall–Kier alpha value is -2.02. The fourth-order valence-corrected chi connectivity index (χ4v) is 1.36. The van der Waals surface area contributed by atoms with E-state index in [1.807, 2.05) is 0 Å². The fourth-order valence-electron chi connectivity index (χ4n) is 1.12. The third-order valence-corrected chi connectivity index (χ3v) is 2.38. The molecule has 0 aliphatic carbocycles. The van der Waals surface area contributed by atoms with Crippen LogP contribution in [0, 0.1) is 0 Å². The zero-order valence-corrected chi connectivity index (χ0v) is 9.96. The molecule has 7 heteroatoms. The number of aromatic nitrogens is 2. The van der Waals surface area contributed by atoms with E-state index in [2.05, 4.69) is 20.9 Å². The molecule has 0 aliphatic rings. The van der Waals surface area contributed by atoms with Crippen molar-refractivity contribution in [2.75, 3.05) is 0 Å². The maximum atomic E-state index is 11.6. The Morgan fingerprint density at radius 1 is 1.24 bits per heavy atom. The van der Waals surface area contributed by atoms with Crippen LogP contribution in [0.1, 0.15) is 10.5 Å². The van der Waals surface area contributed by atoms with Crippen LogP contribution in [-0.4, -0.2) is 25.9 Å². The predicted octanol–water partition coefficient (Wildman–Crippen LogP) is 1.33. The van der Waals surface area contributed by atoms with E-state index in [0.29, 0.717) is 4.73 Å². The predicted molar refractivity (Wildman–Crippen MR) is 60.6 cm³/mol. The first-order valence-electron chi connectivity index (χ1n) is 4.52. The molecule has 0 fully saturated rings. The molecule has 2 rings (SSSR count). The second kappa shape index (κ2) is 4.46. The number of rotatable bonds is 2. The fraction of sp³-hybridized carbons (Fsp3) is 0. The van der Waals surface area contributed by atoms with Crippen LogP contribution in [0.3, 0.4) is 0 Å². The summed E-state index contributed by atoms with van der Waals surface area (Å²) in [4.78, 5) is 20.1. The molecule has 2 aromatic heterocycles. The molecule has 0 radical (unpaired) electrons. The van der Waals surface area contributed by atoms with E-state index in [9.17, 15) is 15.0 Å². The number of halogens is 1. The van der Waals surface area contributed by atoms with E-state index in [1.54, 1.807) is 6.07 Å². The van der Waals surface area contributed by atoms with Crippen LogP contribution in [0.4, 0.5) is 0 Å². The Morgan fingerprint density at radius 3 is 2.41 bits per heavy atom. The molecule has 2 aromatic rings. The van der Waals surface area contributed by atoms with Crippen molar-refractivity contribution in [2.45, 2.75) is 0 Å². The Kier molecular flexibility index (Phi) is 3.01. The molecule has 6 nitrogen and oxygen atoms in total. The van der Waals surface area contributed by atoms with Crippen molar-refractivity contribution >= 4 is 21.9 Å². The number of aromatic hydroxyl groups is 2. The number of nitrogens with zero attached hydrogens (tertiary/aromatic N) is 2. The minimum Gasteiger partial charge on any atom is -0.492 e. The summed E-state index contributed by atoms with van der Waals surface area (Å²) in [5, 5.41) is 18.5. The quantitative estimate of drug-likeness (QED) is 0.874. The van der Waals surface area contributed by atoms with Gasteiger partial charge >= 0.3 is 5.97 Å². The van der Waals surface area contributed by atoms with E-state index in [4.69, 9.17) is 4.84 Å². The molecule has 88 valence electrons. The lowest BCUT2D eigenvalue weighted by Crippen LogP contribution is -2.20. The molecule has 0 aromatic carbocycles. The van der Waals surface area contributed by atoms with E-state index < -0.39 is 5.97 Å². The second-order valence-corrected chi connectivity index (χ2v) is 4.00. The topological polar surface area (TPSA) is 84.6 Å². The standard InChI is InChI=1S/C10H7BrN2O4/c11-6-1-2-7(12-5-6)10(16)17-13-8(14)3-4-9(13)15/h1-5,14-15H. The largest absolute Gasteiger partial charge is 0.492 e. The Bertz CT molecular complexity index is 530. The molecule has 2 heterocycles. The molecule has 0 saturated carbocycles. The van der Waals surface area contributed by atoms with E-state index >= 15 is 0 Å². The van der Waals surface area contributed by atoms with Gasteiger partial charge in [-0.3, -0.25) is 0 Å². The lowest BCUT2D eigenvalue weighted by molar-refractivity contribution is 0.0375. The highest BCUT2D eigenvalue weighted by Gasteiger charge is 2.14. The van der Waals surface area contributed by atoms with Gasteiger partial charge in [0.2, 0.25) is 11.8 Å². The zero-order valence-electron chi connectivity index (χ0n) is 8.37. The third-order valence-electron chi connectivity index (χ3n) is 1.91. The van der Waals surface area contributed by atoms with Crippen LogP contribution in [0.15, 0.2) is 34.9 Å². The molecule has 0 unspecified atom stereocenters. The minimum atomic E-state index is -0.792. The SMILES string of the molecule is O=C(On1c(O)ccc1O)c1ccc(Br)cn1. The molecule has 17 heavy (non-hydrogen) atoms. The van der Waals surface area contributed by atoms with Crippen LogP contribution < -0.4 is 4.84 Å². The monoisotopic (exact) mass is 298 g/mol. The zero-order chi connectivity index (χ0) is 12.4. The summed E-state index contributed by atoms with van der Waals surface area (Å²) in [6, 6.07) is 5.46.